The summed E-state index contributed by atoms with van der Waals surface area (Å²) < 4.78 is 0. The lowest BCUT2D eigenvalue weighted by Gasteiger charge is -2.15. The molecule has 0 bridgehead atoms. The van der Waals surface area contributed by atoms with Gasteiger partial charge in [-0.15, -0.1) is 0 Å². The largest absolute Gasteiger partial charge is 0.480 e. The normalized spacial score (nSPS) is 17.8. The first-order chi connectivity index (χ1) is 6.50. The molecule has 0 aromatic heterocycles. The fourth-order valence-electron chi connectivity index (χ4n) is 1.31. The van der Waals surface area contributed by atoms with Crippen molar-refractivity contribution < 1.29 is 9.90 Å². The first-order valence-corrected chi connectivity index (χ1v) is 4.26. The van der Waals surface area contributed by atoms with Gasteiger partial charge in [-0.3, -0.25) is 10.2 Å². The Bertz CT molecular complexity index is 287. The number of carboxylic acids is 1. The van der Waals surface area contributed by atoms with Crippen LogP contribution in [0.1, 0.15) is 6.42 Å². The van der Waals surface area contributed by atoms with Gasteiger partial charge in [0.15, 0.2) is 5.96 Å². The quantitative estimate of drug-likeness (QED) is 0.261. The van der Waals surface area contributed by atoms with E-state index in [1.54, 1.807) is 4.90 Å². The highest BCUT2D eigenvalue weighted by molar-refractivity contribution is 5.76. The third-order valence-corrected chi connectivity index (χ3v) is 2.13. The van der Waals surface area contributed by atoms with Crippen molar-refractivity contribution in [2.45, 2.75) is 12.5 Å². The third-order valence-electron chi connectivity index (χ3n) is 2.13. The maximum atomic E-state index is 10.5. The Morgan fingerprint density at radius 2 is 2.43 bits per heavy atom. The average Bonchev–Trinajstić information content (AvgIpc) is 2.52. The van der Waals surface area contributed by atoms with Crippen LogP contribution in [0.3, 0.4) is 0 Å². The predicted molar refractivity (Wildman–Crippen MR) is 51.8 cm³/mol. The van der Waals surface area contributed by atoms with Gasteiger partial charge in [0.2, 0.25) is 0 Å². The van der Waals surface area contributed by atoms with Gasteiger partial charge in [-0.2, -0.15) is 0 Å². The first-order valence-electron chi connectivity index (χ1n) is 4.26. The number of nitrogens with one attached hydrogen (secondary N) is 1. The molecule has 78 valence electrons. The minimum atomic E-state index is -1.01. The predicted octanol–water partition coefficient (Wildman–Crippen LogP) is -1.08. The molecule has 6 heteroatoms. The van der Waals surface area contributed by atoms with Crippen LogP contribution >= 0.6 is 0 Å². The second kappa shape index (κ2) is 4.10. The molecule has 0 radical (unpaired) electrons. The Balaban J connectivity index is 2.43. The van der Waals surface area contributed by atoms with Gasteiger partial charge in [-0.25, -0.2) is 0 Å². The molecule has 1 heterocycles. The van der Waals surface area contributed by atoms with Crippen molar-refractivity contribution in [1.82, 2.24) is 4.90 Å². The molecule has 0 aromatic rings. The van der Waals surface area contributed by atoms with Gasteiger partial charge in [0, 0.05) is 13.1 Å². The molecule has 0 saturated heterocycles. The maximum absolute atomic E-state index is 10.5. The van der Waals surface area contributed by atoms with Gasteiger partial charge in [0.1, 0.15) is 6.04 Å². The lowest BCUT2D eigenvalue weighted by atomic mass is 10.1. The van der Waals surface area contributed by atoms with Crippen LogP contribution in [0.5, 0.6) is 0 Å². The summed E-state index contributed by atoms with van der Waals surface area (Å²) in [5, 5.41) is 15.8. The van der Waals surface area contributed by atoms with E-state index in [0.29, 0.717) is 19.5 Å². The van der Waals surface area contributed by atoms with Crippen LogP contribution in [0.2, 0.25) is 0 Å². The van der Waals surface area contributed by atoms with E-state index in [1.165, 1.54) is 0 Å². The highest BCUT2D eigenvalue weighted by atomic mass is 16.4. The molecule has 1 aliphatic rings. The van der Waals surface area contributed by atoms with E-state index in [0.717, 1.165) is 5.57 Å². The van der Waals surface area contributed by atoms with Gasteiger partial charge in [-0.05, 0) is 6.42 Å². The molecule has 0 amide bonds. The maximum Gasteiger partial charge on any atom is 0.320 e. The number of carboxylic acid groups (broad SMARTS) is 1. The number of aliphatic carboxylic acids is 1. The van der Waals surface area contributed by atoms with Crippen molar-refractivity contribution in [2.24, 2.45) is 11.5 Å². The highest BCUT2D eigenvalue weighted by Crippen LogP contribution is 2.13. The molecular weight excluding hydrogens is 184 g/mol. The molecule has 1 atom stereocenters. The molecule has 6 N–H and O–H groups in total. The number of hydrogen-bond donors (Lipinski definition) is 4. The van der Waals surface area contributed by atoms with E-state index < -0.39 is 12.0 Å². The fraction of sp³-hybridized carbons (Fsp3) is 0.500. The number of hydrogen-bond acceptors (Lipinski definition) is 3. The van der Waals surface area contributed by atoms with Crippen molar-refractivity contribution in [3.63, 3.8) is 0 Å². The van der Waals surface area contributed by atoms with E-state index >= 15 is 0 Å². The molecule has 1 rings (SSSR count). The standard InChI is InChI=1S/C8H14N4O2/c9-6(7(13)14)3-5-1-2-12(4-5)8(10)11/h1,6H,2-4,9H2,(H3,10,11)(H,13,14). The van der Waals surface area contributed by atoms with Crippen molar-refractivity contribution in [3.8, 4) is 0 Å². The van der Waals surface area contributed by atoms with Crippen LogP contribution in [-0.4, -0.2) is 41.1 Å². The van der Waals surface area contributed by atoms with E-state index in [9.17, 15) is 4.79 Å². The van der Waals surface area contributed by atoms with Gasteiger partial charge >= 0.3 is 5.97 Å². The monoisotopic (exact) mass is 198 g/mol. The lowest BCUT2D eigenvalue weighted by molar-refractivity contribution is -0.138. The molecule has 0 fully saturated rings. The summed E-state index contributed by atoms with van der Waals surface area (Å²) in [6.07, 6.45) is 2.18. The Morgan fingerprint density at radius 1 is 1.79 bits per heavy atom. The zero-order valence-electron chi connectivity index (χ0n) is 7.73. The van der Waals surface area contributed by atoms with E-state index in [2.05, 4.69) is 0 Å². The lowest BCUT2D eigenvalue weighted by Crippen LogP contribution is -2.35. The van der Waals surface area contributed by atoms with Crippen molar-refractivity contribution in [3.05, 3.63) is 11.6 Å². The Morgan fingerprint density at radius 3 is 2.86 bits per heavy atom. The van der Waals surface area contributed by atoms with Crippen LogP contribution in [0.4, 0.5) is 0 Å². The highest BCUT2D eigenvalue weighted by Gasteiger charge is 2.19. The fourth-order valence-corrected chi connectivity index (χ4v) is 1.31. The van der Waals surface area contributed by atoms with Crippen LogP contribution in [-0.2, 0) is 4.79 Å². The van der Waals surface area contributed by atoms with Crippen LogP contribution in [0.15, 0.2) is 11.6 Å². The third kappa shape index (κ3) is 2.46. The van der Waals surface area contributed by atoms with E-state index in [1.807, 2.05) is 6.08 Å². The molecule has 1 aliphatic heterocycles. The Kier molecular flexibility index (Phi) is 3.08. The summed E-state index contributed by atoms with van der Waals surface area (Å²) in [7, 11) is 0. The van der Waals surface area contributed by atoms with Crippen molar-refractivity contribution in [1.29, 1.82) is 5.41 Å². The zero-order chi connectivity index (χ0) is 10.7. The molecule has 6 nitrogen and oxygen atoms in total. The minimum Gasteiger partial charge on any atom is -0.480 e. The second-order valence-electron chi connectivity index (χ2n) is 3.28. The minimum absolute atomic E-state index is 0.000136. The summed E-state index contributed by atoms with van der Waals surface area (Å²) in [4.78, 5) is 12.1. The first kappa shape index (κ1) is 10.5. The summed E-state index contributed by atoms with van der Waals surface area (Å²) in [5.74, 6) is -1.01. The van der Waals surface area contributed by atoms with Crippen LogP contribution < -0.4 is 11.5 Å². The second-order valence-corrected chi connectivity index (χ2v) is 3.28. The van der Waals surface area contributed by atoms with Gasteiger partial charge < -0.3 is 21.5 Å². The smallest absolute Gasteiger partial charge is 0.320 e. The zero-order valence-corrected chi connectivity index (χ0v) is 7.73. The van der Waals surface area contributed by atoms with Crippen molar-refractivity contribution >= 4 is 11.9 Å². The number of nitrogens with zero attached hydrogens (tertiary/aromatic N) is 1. The summed E-state index contributed by atoms with van der Waals surface area (Å²) >= 11 is 0. The van der Waals surface area contributed by atoms with Crippen LogP contribution in [0.25, 0.3) is 0 Å². The molecule has 0 aliphatic carbocycles. The number of nitrogens with two attached hydrogens (primary N) is 2. The summed E-state index contributed by atoms with van der Waals surface area (Å²) in [5.41, 5.74) is 11.6. The summed E-state index contributed by atoms with van der Waals surface area (Å²) in [6, 6.07) is -0.867. The number of guanidine groups is 1. The molecular formula is C8H14N4O2. The molecule has 0 saturated carbocycles. The SMILES string of the molecule is N=C(N)N1CC=C(CC(N)C(=O)O)C1. The molecule has 14 heavy (non-hydrogen) atoms. The van der Waals surface area contributed by atoms with Gasteiger partial charge in [0.25, 0.3) is 0 Å². The van der Waals surface area contributed by atoms with Crippen LogP contribution in [0, 0.1) is 5.41 Å². The Labute approximate surface area is 81.7 Å². The average molecular weight is 198 g/mol. The molecule has 0 aromatic carbocycles. The number of rotatable bonds is 3. The van der Waals surface area contributed by atoms with E-state index in [4.69, 9.17) is 22.0 Å². The summed E-state index contributed by atoms with van der Waals surface area (Å²) in [6.45, 7) is 1.08. The Hall–Kier alpha value is -1.56. The van der Waals surface area contributed by atoms with Crippen molar-refractivity contribution in [2.75, 3.05) is 13.1 Å². The molecule has 1 unspecified atom stereocenters. The molecule has 0 spiro atoms. The van der Waals surface area contributed by atoms with Gasteiger partial charge in [0.05, 0.1) is 0 Å². The topological polar surface area (TPSA) is 116 Å². The number of carbonyl (C=O) groups is 1. The van der Waals surface area contributed by atoms with Gasteiger partial charge in [-0.1, -0.05) is 11.6 Å². The van der Waals surface area contributed by atoms with E-state index in [-0.39, 0.29) is 5.96 Å².